The third-order valence-corrected chi connectivity index (χ3v) is 7.14. The Kier molecular flexibility index (Phi) is 8.57. The van der Waals surface area contributed by atoms with Gasteiger partial charge < -0.3 is 23.8 Å². The summed E-state index contributed by atoms with van der Waals surface area (Å²) in [7, 11) is 3.19. The lowest BCUT2D eigenvalue weighted by molar-refractivity contribution is 0.0505. The van der Waals surface area contributed by atoms with Crippen LogP contribution in [0.25, 0.3) is 5.69 Å². The van der Waals surface area contributed by atoms with Gasteiger partial charge in [0.05, 0.1) is 43.8 Å². The van der Waals surface area contributed by atoms with Crippen molar-refractivity contribution < 1.29 is 23.7 Å². The molecule has 0 bridgehead atoms. The predicted octanol–water partition coefficient (Wildman–Crippen LogP) is 6.47. The summed E-state index contributed by atoms with van der Waals surface area (Å²) in [6.07, 6.45) is 1.83. The smallest absolute Gasteiger partial charge is 0.254 e. The van der Waals surface area contributed by atoms with Crippen molar-refractivity contribution in [3.63, 3.8) is 0 Å². The largest absolute Gasteiger partial charge is 0.497 e. The summed E-state index contributed by atoms with van der Waals surface area (Å²) in [5.74, 6) is 2.09. The second kappa shape index (κ2) is 12.4. The van der Waals surface area contributed by atoms with Gasteiger partial charge >= 0.3 is 0 Å². The topological polar surface area (TPSA) is 75.1 Å². The van der Waals surface area contributed by atoms with Crippen molar-refractivity contribution >= 4 is 17.5 Å². The van der Waals surface area contributed by atoms with Crippen molar-refractivity contribution in [3.8, 4) is 28.8 Å². The number of hydrogen-bond donors (Lipinski definition) is 0. The van der Waals surface area contributed by atoms with Crippen molar-refractivity contribution in [1.29, 1.82) is 0 Å². The molecule has 40 heavy (non-hydrogen) atoms. The number of rotatable bonds is 10. The minimum absolute atomic E-state index is 0.0419. The molecular weight excluding hydrogens is 530 g/mol. The van der Waals surface area contributed by atoms with Crippen molar-refractivity contribution in [2.75, 3.05) is 27.4 Å². The molecular formula is C31H32ClN3O5. The molecule has 1 fully saturated rings. The fraction of sp³-hybridized carbons (Fsp3) is 0.290. The van der Waals surface area contributed by atoms with Gasteiger partial charge in [0.25, 0.3) is 5.91 Å². The minimum atomic E-state index is -0.128. The van der Waals surface area contributed by atoms with E-state index in [4.69, 9.17) is 35.6 Å². The van der Waals surface area contributed by atoms with Gasteiger partial charge in [0.2, 0.25) is 5.88 Å². The van der Waals surface area contributed by atoms with Crippen LogP contribution in [0.5, 0.6) is 23.1 Å². The van der Waals surface area contributed by atoms with Gasteiger partial charge in [-0.2, -0.15) is 5.10 Å². The zero-order chi connectivity index (χ0) is 28.1. The molecule has 3 aromatic carbocycles. The summed E-state index contributed by atoms with van der Waals surface area (Å²) in [5, 5.41) is 5.44. The van der Waals surface area contributed by atoms with E-state index < -0.39 is 0 Å². The van der Waals surface area contributed by atoms with Crippen LogP contribution in [0.3, 0.4) is 0 Å². The number of aromatic nitrogens is 2. The number of aryl methyl sites for hydroxylation is 1. The van der Waals surface area contributed by atoms with Crippen LogP contribution in [-0.4, -0.2) is 54.1 Å². The first-order chi connectivity index (χ1) is 19.5. The number of benzene rings is 3. The Morgan fingerprint density at radius 2 is 1.82 bits per heavy atom. The van der Waals surface area contributed by atoms with Crippen LogP contribution in [-0.2, 0) is 11.3 Å². The zero-order valence-electron chi connectivity index (χ0n) is 22.8. The molecule has 1 aliphatic rings. The normalized spacial score (nSPS) is 14.7. The Balaban J connectivity index is 1.57. The van der Waals surface area contributed by atoms with E-state index >= 15 is 0 Å². The second-order valence-electron chi connectivity index (χ2n) is 9.56. The molecule has 1 aliphatic heterocycles. The maximum atomic E-state index is 13.9. The van der Waals surface area contributed by atoms with Gasteiger partial charge in [-0.1, -0.05) is 29.8 Å². The molecule has 4 aromatic rings. The highest BCUT2D eigenvalue weighted by molar-refractivity contribution is 6.30. The van der Waals surface area contributed by atoms with Gasteiger partial charge in [0.1, 0.15) is 5.75 Å². The highest BCUT2D eigenvalue weighted by Crippen LogP contribution is 2.36. The Labute approximate surface area is 239 Å². The minimum Gasteiger partial charge on any atom is -0.497 e. The van der Waals surface area contributed by atoms with Crippen LogP contribution in [0.15, 0.2) is 72.8 Å². The fourth-order valence-electron chi connectivity index (χ4n) is 4.77. The average Bonchev–Trinajstić information content (AvgIpc) is 3.61. The number of nitrogens with zero attached hydrogens (tertiary/aromatic N) is 3. The number of ether oxygens (including phenoxy) is 4. The van der Waals surface area contributed by atoms with E-state index in [-0.39, 0.29) is 18.6 Å². The lowest BCUT2D eigenvalue weighted by Crippen LogP contribution is -2.37. The molecule has 0 saturated carbocycles. The van der Waals surface area contributed by atoms with Gasteiger partial charge in [-0.15, -0.1) is 0 Å². The summed E-state index contributed by atoms with van der Waals surface area (Å²) in [6, 6.07) is 22.0. The van der Waals surface area contributed by atoms with Crippen LogP contribution < -0.4 is 14.2 Å². The van der Waals surface area contributed by atoms with Crippen LogP contribution in [0.2, 0.25) is 5.02 Å². The zero-order valence-corrected chi connectivity index (χ0v) is 23.6. The summed E-state index contributed by atoms with van der Waals surface area (Å²) in [5.41, 5.74) is 2.81. The first-order valence-electron chi connectivity index (χ1n) is 13.2. The summed E-state index contributed by atoms with van der Waals surface area (Å²) < 4.78 is 25.1. The Bertz CT molecular complexity index is 1460. The molecule has 0 spiro atoms. The maximum Gasteiger partial charge on any atom is 0.254 e. The SMILES string of the molecule is COc1cccc(C(=O)N(Cc2c(C)nn(-c3ccc(Cl)cc3)c2Oc2ccccc2OC)CC2CCCO2)c1. The molecule has 208 valence electrons. The molecule has 1 saturated heterocycles. The van der Waals surface area contributed by atoms with E-state index in [1.54, 1.807) is 48.1 Å². The molecule has 1 atom stereocenters. The monoisotopic (exact) mass is 561 g/mol. The number of carbonyl (C=O) groups excluding carboxylic acids is 1. The number of amides is 1. The van der Waals surface area contributed by atoms with Gasteiger partial charge in [-0.05, 0) is 74.4 Å². The molecule has 0 radical (unpaired) electrons. The molecule has 0 N–H and O–H groups in total. The highest BCUT2D eigenvalue weighted by Gasteiger charge is 2.28. The summed E-state index contributed by atoms with van der Waals surface area (Å²) in [4.78, 5) is 15.7. The van der Waals surface area contributed by atoms with Gasteiger partial charge in [0.15, 0.2) is 11.5 Å². The number of hydrogen-bond acceptors (Lipinski definition) is 6. The second-order valence-corrected chi connectivity index (χ2v) is 10.00. The van der Waals surface area contributed by atoms with E-state index in [9.17, 15) is 4.79 Å². The quantitative estimate of drug-likeness (QED) is 0.221. The van der Waals surface area contributed by atoms with E-state index in [0.717, 1.165) is 29.8 Å². The molecule has 0 aliphatic carbocycles. The average molecular weight is 562 g/mol. The molecule has 8 nitrogen and oxygen atoms in total. The summed E-state index contributed by atoms with van der Waals surface area (Å²) >= 11 is 6.17. The number of para-hydroxylation sites is 2. The van der Waals surface area contributed by atoms with Crippen molar-refractivity contribution in [3.05, 3.63) is 94.6 Å². The lowest BCUT2D eigenvalue weighted by atomic mass is 10.1. The summed E-state index contributed by atoms with van der Waals surface area (Å²) in [6.45, 7) is 3.31. The predicted molar refractivity (Wildman–Crippen MR) is 153 cm³/mol. The number of carbonyl (C=O) groups is 1. The van der Waals surface area contributed by atoms with Gasteiger partial charge in [-0.25, -0.2) is 4.68 Å². The van der Waals surface area contributed by atoms with Crippen molar-refractivity contribution in [2.45, 2.75) is 32.4 Å². The standard InChI is InChI=1S/C31H32ClN3O5/c1-21-27(20-34(19-26-10-7-17-39-26)30(36)22-8-6-9-25(18-22)37-2)31(40-29-12-5-4-11-28(29)38-3)35(33-21)24-15-13-23(32)14-16-24/h4-6,8-9,11-16,18,26H,7,10,17,19-20H2,1-3H3. The van der Waals surface area contributed by atoms with E-state index in [2.05, 4.69) is 0 Å². The van der Waals surface area contributed by atoms with Gasteiger partial charge in [0, 0.05) is 23.7 Å². The maximum absolute atomic E-state index is 13.9. The van der Waals surface area contributed by atoms with E-state index in [0.29, 0.717) is 46.9 Å². The third-order valence-electron chi connectivity index (χ3n) is 6.89. The molecule has 1 amide bonds. The van der Waals surface area contributed by atoms with E-state index in [1.165, 1.54) is 0 Å². The number of halogens is 1. The third kappa shape index (κ3) is 6.08. The first-order valence-corrected chi connectivity index (χ1v) is 13.5. The lowest BCUT2D eigenvalue weighted by Gasteiger charge is -2.26. The van der Waals surface area contributed by atoms with Crippen LogP contribution in [0.4, 0.5) is 0 Å². The molecule has 1 aromatic heterocycles. The Morgan fingerprint density at radius 3 is 2.52 bits per heavy atom. The van der Waals surface area contributed by atoms with Crippen LogP contribution >= 0.6 is 11.6 Å². The molecule has 2 heterocycles. The Morgan fingerprint density at radius 1 is 1.05 bits per heavy atom. The fourth-order valence-corrected chi connectivity index (χ4v) is 4.90. The number of methoxy groups -OCH3 is 2. The van der Waals surface area contributed by atoms with E-state index in [1.807, 2.05) is 55.5 Å². The van der Waals surface area contributed by atoms with Crippen LogP contribution in [0.1, 0.15) is 34.5 Å². The van der Waals surface area contributed by atoms with Crippen molar-refractivity contribution in [2.24, 2.45) is 0 Å². The van der Waals surface area contributed by atoms with Crippen LogP contribution in [0, 0.1) is 6.92 Å². The molecule has 5 rings (SSSR count). The first kappa shape index (κ1) is 27.6. The van der Waals surface area contributed by atoms with Crippen molar-refractivity contribution in [1.82, 2.24) is 14.7 Å². The van der Waals surface area contributed by atoms with Gasteiger partial charge in [-0.3, -0.25) is 4.79 Å². The molecule has 9 heteroatoms. The highest BCUT2D eigenvalue weighted by atomic mass is 35.5. The Hall–Kier alpha value is -4.01. The molecule has 1 unspecified atom stereocenters.